The zero-order valence-electron chi connectivity index (χ0n) is 14.5. The first kappa shape index (κ1) is 18.8. The number of amides is 1. The van der Waals surface area contributed by atoms with Crippen LogP contribution in [0.1, 0.15) is 17.3 Å². The van der Waals surface area contributed by atoms with Crippen LogP contribution in [0.5, 0.6) is 0 Å². The number of fused-ring (bicyclic) bond motifs is 1. The van der Waals surface area contributed by atoms with Crippen molar-refractivity contribution >= 4 is 34.3 Å². The van der Waals surface area contributed by atoms with Crippen molar-refractivity contribution in [3.63, 3.8) is 0 Å². The molecule has 0 unspecified atom stereocenters. The first-order valence-electron chi connectivity index (χ1n) is 8.01. The number of ether oxygens (including phenoxy) is 1. The number of nitro groups is 1. The van der Waals surface area contributed by atoms with E-state index in [0.717, 1.165) is 18.2 Å². The van der Waals surface area contributed by atoms with Crippen molar-refractivity contribution in [1.82, 2.24) is 9.97 Å². The van der Waals surface area contributed by atoms with Gasteiger partial charge in [0.2, 0.25) is 5.82 Å². The average molecular weight is 384 g/mol. The number of nitrogens with zero attached hydrogens (tertiary/aromatic N) is 3. The van der Waals surface area contributed by atoms with Crippen LogP contribution in [0, 0.1) is 15.9 Å². The molecule has 1 amide bonds. The molecule has 142 valence electrons. The van der Waals surface area contributed by atoms with E-state index in [1.54, 1.807) is 6.07 Å². The summed E-state index contributed by atoms with van der Waals surface area (Å²) < 4.78 is 18.5. The van der Waals surface area contributed by atoms with Gasteiger partial charge in [-0.1, -0.05) is 0 Å². The topological polar surface area (TPSA) is 124 Å². The van der Waals surface area contributed by atoms with Gasteiger partial charge in [-0.25, -0.2) is 4.79 Å². The summed E-state index contributed by atoms with van der Waals surface area (Å²) in [5.41, 5.74) is 0.502. The molecule has 1 heterocycles. The molecule has 0 aliphatic carbocycles. The van der Waals surface area contributed by atoms with Crippen LogP contribution in [0.25, 0.3) is 11.0 Å². The molecular weight excluding hydrogens is 371 g/mol. The molecule has 3 aromatic rings. The van der Waals surface area contributed by atoms with Crippen molar-refractivity contribution in [3.8, 4) is 0 Å². The summed E-state index contributed by atoms with van der Waals surface area (Å²) >= 11 is 0. The van der Waals surface area contributed by atoms with Crippen LogP contribution in [-0.4, -0.2) is 32.9 Å². The number of benzene rings is 2. The third-order valence-corrected chi connectivity index (χ3v) is 3.77. The van der Waals surface area contributed by atoms with E-state index >= 15 is 0 Å². The van der Waals surface area contributed by atoms with Crippen LogP contribution in [0.2, 0.25) is 0 Å². The molecule has 0 fully saturated rings. The van der Waals surface area contributed by atoms with E-state index in [9.17, 15) is 24.1 Å². The Bertz CT molecular complexity index is 1090. The second kappa shape index (κ2) is 7.74. The van der Waals surface area contributed by atoms with E-state index in [0.29, 0.717) is 11.0 Å². The molecule has 0 spiro atoms. The number of carbonyl (C=O) groups is 2. The highest BCUT2D eigenvalue weighted by atomic mass is 19.1. The van der Waals surface area contributed by atoms with Gasteiger partial charge in [-0.05, 0) is 37.3 Å². The molecule has 1 atom stereocenters. The SMILES string of the molecule is C[C@H](OC(=O)c1ccc2nccnc2c1)C(=O)Nc1ccc(F)c([N+](=O)[O-])c1. The summed E-state index contributed by atoms with van der Waals surface area (Å²) in [6.07, 6.45) is 1.80. The standard InChI is InChI=1S/C18H13FN4O5/c1-10(17(24)22-12-3-4-13(19)16(9-12)23(26)27)28-18(25)11-2-5-14-15(8-11)21-7-6-20-14/h2-10H,1H3,(H,22,24)/t10-/m0/s1. The largest absolute Gasteiger partial charge is 0.449 e. The van der Waals surface area contributed by atoms with E-state index in [4.69, 9.17) is 4.74 Å². The second-order valence-corrected chi connectivity index (χ2v) is 5.72. The molecule has 1 N–H and O–H groups in total. The van der Waals surface area contributed by atoms with Gasteiger partial charge in [0, 0.05) is 24.1 Å². The van der Waals surface area contributed by atoms with Crippen LogP contribution in [0.3, 0.4) is 0 Å². The van der Waals surface area contributed by atoms with E-state index in [2.05, 4.69) is 15.3 Å². The maximum Gasteiger partial charge on any atom is 0.338 e. The number of esters is 1. The summed E-state index contributed by atoms with van der Waals surface area (Å²) in [4.78, 5) is 42.5. The number of anilines is 1. The van der Waals surface area contributed by atoms with Gasteiger partial charge in [0.05, 0.1) is 21.5 Å². The van der Waals surface area contributed by atoms with E-state index in [-0.39, 0.29) is 11.3 Å². The Kier molecular flexibility index (Phi) is 5.21. The Morgan fingerprint density at radius 2 is 1.86 bits per heavy atom. The minimum atomic E-state index is -1.20. The molecule has 28 heavy (non-hydrogen) atoms. The monoisotopic (exact) mass is 384 g/mol. The molecule has 1 aromatic heterocycles. The zero-order chi connectivity index (χ0) is 20.3. The van der Waals surface area contributed by atoms with Crippen LogP contribution >= 0.6 is 0 Å². The fourth-order valence-corrected chi connectivity index (χ4v) is 2.35. The predicted octanol–water partition coefficient (Wildman–Crippen LogP) is 2.86. The Hall–Kier alpha value is -3.95. The number of carbonyl (C=O) groups excluding carboxylic acids is 2. The predicted molar refractivity (Wildman–Crippen MR) is 96.1 cm³/mol. The maximum absolute atomic E-state index is 13.4. The summed E-state index contributed by atoms with van der Waals surface area (Å²) in [5.74, 6) is -2.50. The third-order valence-electron chi connectivity index (χ3n) is 3.77. The third kappa shape index (κ3) is 4.06. The molecule has 3 rings (SSSR count). The molecule has 0 radical (unpaired) electrons. The highest BCUT2D eigenvalue weighted by molar-refractivity contribution is 5.98. The number of hydrogen-bond acceptors (Lipinski definition) is 7. The molecule has 0 saturated heterocycles. The first-order valence-corrected chi connectivity index (χ1v) is 8.01. The van der Waals surface area contributed by atoms with Crippen molar-refractivity contribution in [2.45, 2.75) is 13.0 Å². The van der Waals surface area contributed by atoms with Crippen molar-refractivity contribution in [1.29, 1.82) is 0 Å². The van der Waals surface area contributed by atoms with Gasteiger partial charge < -0.3 is 10.1 Å². The van der Waals surface area contributed by atoms with Gasteiger partial charge in [-0.15, -0.1) is 0 Å². The molecule has 10 heteroatoms. The van der Waals surface area contributed by atoms with Crippen LogP contribution in [0.15, 0.2) is 48.8 Å². The van der Waals surface area contributed by atoms with Gasteiger partial charge in [0.25, 0.3) is 5.91 Å². The smallest absolute Gasteiger partial charge is 0.338 e. The number of hydrogen-bond donors (Lipinski definition) is 1. The number of aromatic nitrogens is 2. The minimum Gasteiger partial charge on any atom is -0.449 e. The van der Waals surface area contributed by atoms with Gasteiger partial charge in [0.1, 0.15) is 0 Å². The quantitative estimate of drug-likeness (QED) is 0.407. The summed E-state index contributed by atoms with van der Waals surface area (Å²) in [5, 5.41) is 13.1. The molecule has 2 aromatic carbocycles. The van der Waals surface area contributed by atoms with Crippen molar-refractivity contribution < 1.29 is 23.6 Å². The fraction of sp³-hybridized carbons (Fsp3) is 0.111. The van der Waals surface area contributed by atoms with Crippen molar-refractivity contribution in [2.75, 3.05) is 5.32 Å². The Balaban J connectivity index is 1.68. The summed E-state index contributed by atoms with van der Waals surface area (Å²) in [7, 11) is 0. The molecular formula is C18H13FN4O5. The molecule has 0 bridgehead atoms. The van der Waals surface area contributed by atoms with E-state index in [1.165, 1.54) is 31.5 Å². The van der Waals surface area contributed by atoms with Crippen LogP contribution < -0.4 is 5.32 Å². The lowest BCUT2D eigenvalue weighted by molar-refractivity contribution is -0.387. The number of halogens is 1. The summed E-state index contributed by atoms with van der Waals surface area (Å²) in [6, 6.07) is 7.48. The van der Waals surface area contributed by atoms with Crippen LogP contribution in [-0.2, 0) is 9.53 Å². The first-order chi connectivity index (χ1) is 13.3. The average Bonchev–Trinajstić information content (AvgIpc) is 2.68. The number of rotatable bonds is 5. The minimum absolute atomic E-state index is 0.00183. The lowest BCUT2D eigenvalue weighted by Gasteiger charge is -2.13. The normalized spacial score (nSPS) is 11.6. The molecule has 0 saturated carbocycles. The number of nitrogens with one attached hydrogen (secondary N) is 1. The van der Waals surface area contributed by atoms with E-state index in [1.807, 2.05) is 0 Å². The summed E-state index contributed by atoms with van der Waals surface area (Å²) in [6.45, 7) is 1.34. The zero-order valence-corrected chi connectivity index (χ0v) is 14.5. The van der Waals surface area contributed by atoms with Gasteiger partial charge in [0.15, 0.2) is 6.10 Å². The van der Waals surface area contributed by atoms with Crippen LogP contribution in [0.4, 0.5) is 15.8 Å². The lowest BCUT2D eigenvalue weighted by atomic mass is 10.2. The maximum atomic E-state index is 13.4. The Morgan fingerprint density at radius 3 is 2.57 bits per heavy atom. The van der Waals surface area contributed by atoms with Gasteiger partial charge in [-0.2, -0.15) is 4.39 Å². The Morgan fingerprint density at radius 1 is 1.14 bits per heavy atom. The van der Waals surface area contributed by atoms with Crippen molar-refractivity contribution in [2.24, 2.45) is 0 Å². The molecule has 9 nitrogen and oxygen atoms in total. The Labute approximate surface area is 157 Å². The highest BCUT2D eigenvalue weighted by Crippen LogP contribution is 2.22. The highest BCUT2D eigenvalue weighted by Gasteiger charge is 2.21. The van der Waals surface area contributed by atoms with Crippen molar-refractivity contribution in [3.05, 3.63) is 70.3 Å². The van der Waals surface area contributed by atoms with Gasteiger partial charge in [-0.3, -0.25) is 24.9 Å². The van der Waals surface area contributed by atoms with Gasteiger partial charge >= 0.3 is 11.7 Å². The molecule has 0 aliphatic rings. The number of nitro benzene ring substituents is 1. The molecule has 0 aliphatic heterocycles. The second-order valence-electron chi connectivity index (χ2n) is 5.72. The lowest BCUT2D eigenvalue weighted by Crippen LogP contribution is -2.30. The fourth-order valence-electron chi connectivity index (χ4n) is 2.35. The van der Waals surface area contributed by atoms with E-state index < -0.39 is 34.4 Å².